The molecular formula is C70H123NO8P+. The van der Waals surface area contributed by atoms with E-state index in [0.29, 0.717) is 17.4 Å². The number of ether oxygens (including phenoxy) is 2. The molecule has 0 bridgehead atoms. The van der Waals surface area contributed by atoms with Gasteiger partial charge in [-0.05, 0) is 83.5 Å². The Kier molecular flexibility index (Phi) is 57.8. The quantitative estimate of drug-likeness (QED) is 0.0211. The van der Waals surface area contributed by atoms with Crippen molar-refractivity contribution in [3.63, 3.8) is 0 Å². The van der Waals surface area contributed by atoms with Gasteiger partial charge in [-0.2, -0.15) is 0 Å². The number of hydrogen-bond donors (Lipinski definition) is 1. The van der Waals surface area contributed by atoms with Crippen LogP contribution in [0, 0.1) is 0 Å². The minimum absolute atomic E-state index is 0.0205. The van der Waals surface area contributed by atoms with Crippen molar-refractivity contribution in [2.45, 2.75) is 277 Å². The van der Waals surface area contributed by atoms with E-state index in [1.807, 2.05) is 21.1 Å². The van der Waals surface area contributed by atoms with Gasteiger partial charge in [-0.25, -0.2) is 4.57 Å². The topological polar surface area (TPSA) is 108 Å². The van der Waals surface area contributed by atoms with Crippen LogP contribution in [-0.2, 0) is 32.7 Å². The summed E-state index contributed by atoms with van der Waals surface area (Å²) in [6.07, 6.45) is 84.6. The molecule has 0 fully saturated rings. The van der Waals surface area contributed by atoms with Crippen LogP contribution in [0.2, 0.25) is 0 Å². The van der Waals surface area contributed by atoms with Crippen molar-refractivity contribution in [2.24, 2.45) is 0 Å². The first-order chi connectivity index (χ1) is 39.0. The number of carbonyl (C=O) groups is 2. The molecule has 0 aromatic heterocycles. The standard InChI is InChI=1S/C70H122NO8P/c1-6-8-10-12-14-16-18-20-22-24-26-28-30-32-33-34-35-36-37-39-41-43-45-47-49-51-53-55-57-59-61-63-70(73)79-68(67-78-80(74,75)77-65-64-71(3,4)5)66-76-69(72)62-60-58-56-54-52-50-48-46-44-42-40-38-31-29-27-25-23-21-19-17-15-13-11-9-7-2/h8,10,14,16,20,22,26,28,32-33,35-36,39,41,45,47,51,53,68H,6-7,9,11-13,15,17-19,21,23-25,27,29-31,34,37-38,40,42-44,46,48-50,52,54-67H2,1-5H3/p+1/b10-8-,16-14-,22-20-,28-26-,33-32-,36-35-,41-39-,47-45-,53-51-. The summed E-state index contributed by atoms with van der Waals surface area (Å²) in [6, 6.07) is 0. The first kappa shape index (κ1) is 76.7. The fourth-order valence-electron chi connectivity index (χ4n) is 8.83. The summed E-state index contributed by atoms with van der Waals surface area (Å²) >= 11 is 0. The molecule has 0 aromatic carbocycles. The average molecular weight is 1140 g/mol. The fourth-order valence-corrected chi connectivity index (χ4v) is 9.57. The number of carbonyl (C=O) groups excluding carboxylic acids is 2. The molecule has 0 rings (SSSR count). The van der Waals surface area contributed by atoms with Crippen LogP contribution in [0.4, 0.5) is 0 Å². The number of rotatable bonds is 59. The van der Waals surface area contributed by atoms with Crippen molar-refractivity contribution in [3.05, 3.63) is 109 Å². The van der Waals surface area contributed by atoms with Crippen molar-refractivity contribution in [3.8, 4) is 0 Å². The summed E-state index contributed by atoms with van der Waals surface area (Å²) in [5.74, 6) is -0.833. The fraction of sp³-hybridized carbons (Fsp3) is 0.714. The molecule has 0 aliphatic heterocycles. The van der Waals surface area contributed by atoms with Gasteiger partial charge in [-0.1, -0.05) is 284 Å². The zero-order valence-corrected chi connectivity index (χ0v) is 53.2. The molecule has 0 saturated carbocycles. The van der Waals surface area contributed by atoms with Gasteiger partial charge in [0.25, 0.3) is 0 Å². The number of allylic oxidation sites excluding steroid dienone is 18. The first-order valence-electron chi connectivity index (χ1n) is 32.6. The second kappa shape index (κ2) is 60.3. The van der Waals surface area contributed by atoms with Crippen LogP contribution in [0.25, 0.3) is 0 Å². The smallest absolute Gasteiger partial charge is 0.462 e. The predicted octanol–water partition coefficient (Wildman–Crippen LogP) is 20.9. The molecule has 2 unspecified atom stereocenters. The molecule has 0 amide bonds. The van der Waals surface area contributed by atoms with Crippen LogP contribution in [0.15, 0.2) is 109 Å². The van der Waals surface area contributed by atoms with E-state index in [1.165, 1.54) is 141 Å². The van der Waals surface area contributed by atoms with Crippen molar-refractivity contribution >= 4 is 19.8 Å². The van der Waals surface area contributed by atoms with Crippen molar-refractivity contribution in [2.75, 3.05) is 47.5 Å². The molecule has 9 nitrogen and oxygen atoms in total. The molecule has 10 heteroatoms. The third-order valence-electron chi connectivity index (χ3n) is 13.8. The highest BCUT2D eigenvalue weighted by Gasteiger charge is 2.27. The highest BCUT2D eigenvalue weighted by atomic mass is 31.2. The zero-order valence-electron chi connectivity index (χ0n) is 52.3. The Hall–Kier alpha value is -3.33. The lowest BCUT2D eigenvalue weighted by Crippen LogP contribution is -2.37. The number of unbranched alkanes of at least 4 members (excludes halogenated alkanes) is 27. The van der Waals surface area contributed by atoms with Crippen LogP contribution < -0.4 is 0 Å². The molecule has 1 N–H and O–H groups in total. The van der Waals surface area contributed by atoms with E-state index in [2.05, 4.69) is 123 Å². The summed E-state index contributed by atoms with van der Waals surface area (Å²) in [6.45, 7) is 4.30. The minimum atomic E-state index is -4.41. The van der Waals surface area contributed by atoms with Gasteiger partial charge in [0.15, 0.2) is 6.10 Å². The molecule has 0 aliphatic carbocycles. The number of hydrogen-bond acceptors (Lipinski definition) is 7. The highest BCUT2D eigenvalue weighted by molar-refractivity contribution is 7.47. The van der Waals surface area contributed by atoms with Crippen molar-refractivity contribution < 1.29 is 42.1 Å². The van der Waals surface area contributed by atoms with Crippen molar-refractivity contribution in [1.29, 1.82) is 0 Å². The average Bonchev–Trinajstić information content (AvgIpc) is 3.42. The third kappa shape index (κ3) is 63.8. The van der Waals surface area contributed by atoms with Gasteiger partial charge in [0.2, 0.25) is 0 Å². The van der Waals surface area contributed by atoms with Gasteiger partial charge in [0.1, 0.15) is 19.8 Å². The predicted molar refractivity (Wildman–Crippen MR) is 344 cm³/mol. The van der Waals surface area contributed by atoms with E-state index in [1.54, 1.807) is 0 Å². The Morgan fingerprint density at radius 1 is 0.400 bits per heavy atom. The number of likely N-dealkylation sites (N-methyl/N-ethyl adjacent to an activating group) is 1. The van der Waals surface area contributed by atoms with E-state index < -0.39 is 26.5 Å². The van der Waals surface area contributed by atoms with Crippen molar-refractivity contribution in [1.82, 2.24) is 0 Å². The molecule has 0 saturated heterocycles. The number of nitrogens with zero attached hydrogens (tertiary/aromatic N) is 1. The van der Waals surface area contributed by atoms with Gasteiger partial charge in [-0.15, -0.1) is 0 Å². The molecule has 0 radical (unpaired) electrons. The lowest BCUT2D eigenvalue weighted by Gasteiger charge is -2.24. The van der Waals surface area contributed by atoms with E-state index in [9.17, 15) is 19.0 Å². The molecule has 0 spiro atoms. The van der Waals surface area contributed by atoms with E-state index >= 15 is 0 Å². The van der Waals surface area contributed by atoms with Gasteiger partial charge in [-0.3, -0.25) is 18.6 Å². The molecule has 2 atom stereocenters. The normalized spacial score (nSPS) is 13.9. The summed E-state index contributed by atoms with van der Waals surface area (Å²) in [4.78, 5) is 35.8. The molecule has 0 aliphatic rings. The number of phosphoric ester groups is 1. The SMILES string of the molecule is CC/C=C\C/C=C\C/C=C\C/C=C\C/C=C\C/C=C\C/C=C\C/C=C\C/C=C\CCCCCC(=O)OC(COC(=O)CCCCCCCCCCCCCCCCCCCCCCCCCCC)COP(=O)(O)OCC[N+](C)(C)C. The lowest BCUT2D eigenvalue weighted by atomic mass is 10.0. The van der Waals surface area contributed by atoms with Crippen LogP contribution in [-0.4, -0.2) is 74.9 Å². The number of quaternary nitrogens is 1. The summed E-state index contributed by atoms with van der Waals surface area (Å²) in [5, 5.41) is 0. The largest absolute Gasteiger partial charge is 0.472 e. The third-order valence-corrected chi connectivity index (χ3v) is 14.8. The van der Waals surface area contributed by atoms with E-state index in [0.717, 1.165) is 96.3 Å². The maximum absolute atomic E-state index is 12.8. The molecular weight excluding hydrogens is 1010 g/mol. The minimum Gasteiger partial charge on any atom is -0.462 e. The van der Waals surface area contributed by atoms with E-state index in [-0.39, 0.29) is 32.0 Å². The number of esters is 2. The second-order valence-corrected chi connectivity index (χ2v) is 24.2. The van der Waals surface area contributed by atoms with Gasteiger partial charge in [0.05, 0.1) is 27.7 Å². The summed E-state index contributed by atoms with van der Waals surface area (Å²) in [5.41, 5.74) is 0. The molecule has 0 aromatic rings. The zero-order chi connectivity index (χ0) is 58.4. The highest BCUT2D eigenvalue weighted by Crippen LogP contribution is 2.43. The van der Waals surface area contributed by atoms with Gasteiger partial charge < -0.3 is 18.9 Å². The summed E-state index contributed by atoms with van der Waals surface area (Å²) < 4.78 is 34.6. The first-order valence-corrected chi connectivity index (χ1v) is 34.1. The van der Waals surface area contributed by atoms with E-state index in [4.69, 9.17) is 18.5 Å². The Labute approximate surface area is 493 Å². The Bertz CT molecular complexity index is 1720. The van der Waals surface area contributed by atoms with Crippen LogP contribution in [0.5, 0.6) is 0 Å². The Morgan fingerprint density at radius 3 is 1.06 bits per heavy atom. The monoisotopic (exact) mass is 1140 g/mol. The van der Waals surface area contributed by atoms with Gasteiger partial charge in [0, 0.05) is 12.8 Å². The Morgan fingerprint density at radius 2 is 0.713 bits per heavy atom. The lowest BCUT2D eigenvalue weighted by molar-refractivity contribution is -0.870. The van der Waals surface area contributed by atoms with Crippen LogP contribution in [0.3, 0.4) is 0 Å². The van der Waals surface area contributed by atoms with Crippen LogP contribution in [0.1, 0.15) is 271 Å². The number of phosphoric acid groups is 1. The molecule has 460 valence electrons. The Balaban J connectivity index is 4.20. The maximum Gasteiger partial charge on any atom is 0.472 e. The molecule has 0 heterocycles. The van der Waals surface area contributed by atoms with Gasteiger partial charge >= 0.3 is 19.8 Å². The maximum atomic E-state index is 12.8. The summed E-state index contributed by atoms with van der Waals surface area (Å²) in [7, 11) is 1.45. The van der Waals surface area contributed by atoms with Crippen LogP contribution >= 0.6 is 7.82 Å². The second-order valence-electron chi connectivity index (χ2n) is 22.8. The molecule has 80 heavy (non-hydrogen) atoms.